The molecule has 3 heterocycles. The summed E-state index contributed by atoms with van der Waals surface area (Å²) >= 11 is 1.78. The van der Waals surface area contributed by atoms with E-state index in [-0.39, 0.29) is 18.5 Å². The van der Waals surface area contributed by atoms with Gasteiger partial charge in [0, 0.05) is 17.6 Å². The molecule has 1 aliphatic heterocycles. The minimum atomic E-state index is 0.0902. The van der Waals surface area contributed by atoms with E-state index < -0.39 is 0 Å². The number of hydrogen-bond acceptors (Lipinski definition) is 4. The lowest BCUT2D eigenvalue weighted by Gasteiger charge is -2.33. The van der Waals surface area contributed by atoms with Crippen LogP contribution in [0, 0.1) is 0 Å². The average Bonchev–Trinajstić information content (AvgIpc) is 2.99. The van der Waals surface area contributed by atoms with Crippen LogP contribution in [0.15, 0.2) is 23.8 Å². The van der Waals surface area contributed by atoms with E-state index in [2.05, 4.69) is 23.5 Å². The molecule has 0 aromatic carbocycles. The number of rotatable bonds is 2. The number of fused-ring (bicyclic) bond motifs is 1. The normalized spacial score (nSPS) is 18.4. The highest BCUT2D eigenvalue weighted by molar-refractivity contribution is 7.10. The van der Waals surface area contributed by atoms with Crippen molar-refractivity contribution in [3.63, 3.8) is 0 Å². The summed E-state index contributed by atoms with van der Waals surface area (Å²) in [6.07, 6.45) is 4.19. The fourth-order valence-corrected chi connectivity index (χ4v) is 3.51. The van der Waals surface area contributed by atoms with Crippen molar-refractivity contribution in [1.82, 2.24) is 14.7 Å². The molecule has 2 N–H and O–H groups in total. The van der Waals surface area contributed by atoms with Crippen LogP contribution < -0.4 is 5.73 Å². The second kappa shape index (κ2) is 4.70. The Morgan fingerprint density at radius 1 is 1.63 bits per heavy atom. The molecule has 0 saturated heterocycles. The van der Waals surface area contributed by atoms with E-state index in [1.807, 2.05) is 4.90 Å². The topological polar surface area (TPSA) is 64.2 Å². The van der Waals surface area contributed by atoms with Crippen molar-refractivity contribution in [3.8, 4) is 0 Å². The smallest absolute Gasteiger partial charge is 0.244 e. The highest BCUT2D eigenvalue weighted by Crippen LogP contribution is 2.32. The Balaban J connectivity index is 1.74. The van der Waals surface area contributed by atoms with Gasteiger partial charge in [0.1, 0.15) is 6.54 Å². The van der Waals surface area contributed by atoms with Crippen LogP contribution in [0.3, 0.4) is 0 Å². The summed E-state index contributed by atoms with van der Waals surface area (Å²) in [6, 6.07) is 2.27. The molecule has 1 amide bonds. The molecule has 5 nitrogen and oxygen atoms in total. The van der Waals surface area contributed by atoms with Gasteiger partial charge in [0.2, 0.25) is 5.91 Å². The van der Waals surface area contributed by atoms with E-state index in [1.54, 1.807) is 28.4 Å². The Bertz CT molecular complexity index is 603. The number of aromatic nitrogens is 2. The van der Waals surface area contributed by atoms with Crippen LogP contribution in [0.25, 0.3) is 0 Å². The van der Waals surface area contributed by atoms with Gasteiger partial charge in [-0.3, -0.25) is 9.48 Å². The zero-order chi connectivity index (χ0) is 13.4. The number of anilines is 1. The monoisotopic (exact) mass is 276 g/mol. The molecule has 0 aliphatic carbocycles. The molecule has 2 aromatic heterocycles. The Morgan fingerprint density at radius 3 is 3.21 bits per heavy atom. The maximum absolute atomic E-state index is 12.3. The van der Waals surface area contributed by atoms with Crippen LogP contribution in [0.2, 0.25) is 0 Å². The molecule has 0 saturated carbocycles. The molecule has 2 aromatic rings. The quantitative estimate of drug-likeness (QED) is 0.907. The van der Waals surface area contributed by atoms with Crippen molar-refractivity contribution >= 4 is 22.9 Å². The van der Waals surface area contributed by atoms with Gasteiger partial charge in [0.25, 0.3) is 0 Å². The van der Waals surface area contributed by atoms with E-state index in [0.29, 0.717) is 5.69 Å². The first kappa shape index (κ1) is 12.2. The lowest BCUT2D eigenvalue weighted by atomic mass is 10.0. The van der Waals surface area contributed by atoms with Crippen molar-refractivity contribution in [2.24, 2.45) is 0 Å². The van der Waals surface area contributed by atoms with Gasteiger partial charge in [-0.25, -0.2) is 0 Å². The van der Waals surface area contributed by atoms with Gasteiger partial charge < -0.3 is 10.6 Å². The first-order valence-electron chi connectivity index (χ1n) is 6.29. The van der Waals surface area contributed by atoms with Gasteiger partial charge in [-0.05, 0) is 30.4 Å². The second-order valence-electron chi connectivity index (χ2n) is 4.78. The number of carbonyl (C=O) groups is 1. The Hall–Kier alpha value is -1.82. The molecule has 19 heavy (non-hydrogen) atoms. The highest BCUT2D eigenvalue weighted by Gasteiger charge is 2.28. The maximum Gasteiger partial charge on any atom is 0.244 e. The molecule has 1 atom stereocenters. The number of carbonyl (C=O) groups excluding carboxylic acids is 1. The SMILES string of the molecule is CC1c2ccsc2CCN1C(=O)Cn1cc(N)cn1. The molecular weight excluding hydrogens is 260 g/mol. The highest BCUT2D eigenvalue weighted by atomic mass is 32.1. The number of amides is 1. The molecule has 0 radical (unpaired) electrons. The average molecular weight is 276 g/mol. The third kappa shape index (κ3) is 2.23. The van der Waals surface area contributed by atoms with Crippen molar-refractivity contribution in [2.45, 2.75) is 25.9 Å². The minimum absolute atomic E-state index is 0.0902. The fraction of sp³-hybridized carbons (Fsp3) is 0.385. The van der Waals surface area contributed by atoms with Crippen molar-refractivity contribution in [3.05, 3.63) is 34.3 Å². The van der Waals surface area contributed by atoms with Crippen molar-refractivity contribution in [1.29, 1.82) is 0 Å². The number of nitrogens with zero attached hydrogens (tertiary/aromatic N) is 3. The van der Waals surface area contributed by atoms with Crippen LogP contribution in [0.1, 0.15) is 23.4 Å². The largest absolute Gasteiger partial charge is 0.396 e. The molecular formula is C13H16N4OS. The molecule has 1 aliphatic rings. The molecule has 1 unspecified atom stereocenters. The third-order valence-electron chi connectivity index (χ3n) is 3.55. The number of nitrogen functional groups attached to an aromatic ring is 1. The van der Waals surface area contributed by atoms with Crippen molar-refractivity contribution in [2.75, 3.05) is 12.3 Å². The zero-order valence-corrected chi connectivity index (χ0v) is 11.6. The van der Waals surface area contributed by atoms with Crippen LogP contribution in [-0.4, -0.2) is 27.1 Å². The summed E-state index contributed by atoms with van der Waals surface area (Å²) in [5.74, 6) is 0.0902. The maximum atomic E-state index is 12.3. The number of thiophene rings is 1. The molecule has 0 fully saturated rings. The van der Waals surface area contributed by atoms with E-state index in [9.17, 15) is 4.79 Å². The Labute approximate surface area is 115 Å². The first-order valence-corrected chi connectivity index (χ1v) is 7.17. The predicted octanol–water partition coefficient (Wildman–Crippen LogP) is 1.67. The minimum Gasteiger partial charge on any atom is -0.396 e. The Morgan fingerprint density at radius 2 is 2.47 bits per heavy atom. The standard InChI is InChI=1S/C13H16N4OS/c1-9-11-3-5-19-12(11)2-4-17(9)13(18)8-16-7-10(14)6-15-16/h3,5-7,9H,2,4,8,14H2,1H3. The second-order valence-corrected chi connectivity index (χ2v) is 5.78. The lowest BCUT2D eigenvalue weighted by molar-refractivity contribution is -0.134. The molecule has 3 rings (SSSR count). The number of hydrogen-bond donors (Lipinski definition) is 1. The Kier molecular flexibility index (Phi) is 3.02. The summed E-state index contributed by atoms with van der Waals surface area (Å²) in [6.45, 7) is 3.12. The summed E-state index contributed by atoms with van der Waals surface area (Å²) in [7, 11) is 0. The van der Waals surface area contributed by atoms with Crippen LogP contribution in [0.5, 0.6) is 0 Å². The van der Waals surface area contributed by atoms with Gasteiger partial charge in [-0.1, -0.05) is 0 Å². The van der Waals surface area contributed by atoms with Gasteiger partial charge in [-0.15, -0.1) is 11.3 Å². The third-order valence-corrected chi connectivity index (χ3v) is 4.54. The summed E-state index contributed by atoms with van der Waals surface area (Å²) < 4.78 is 1.59. The van der Waals surface area contributed by atoms with E-state index in [4.69, 9.17) is 5.73 Å². The van der Waals surface area contributed by atoms with Gasteiger partial charge in [-0.2, -0.15) is 5.10 Å². The zero-order valence-electron chi connectivity index (χ0n) is 10.7. The van der Waals surface area contributed by atoms with Crippen LogP contribution >= 0.6 is 11.3 Å². The molecule has 0 spiro atoms. The molecule has 100 valence electrons. The summed E-state index contributed by atoms with van der Waals surface area (Å²) in [5, 5.41) is 6.16. The molecule has 6 heteroatoms. The molecule has 0 bridgehead atoms. The van der Waals surface area contributed by atoms with Crippen molar-refractivity contribution < 1.29 is 4.79 Å². The first-order chi connectivity index (χ1) is 9.15. The fourth-order valence-electron chi connectivity index (χ4n) is 2.55. The van der Waals surface area contributed by atoms with Gasteiger partial charge in [0.15, 0.2) is 0 Å². The predicted molar refractivity (Wildman–Crippen MR) is 74.8 cm³/mol. The van der Waals surface area contributed by atoms with Gasteiger partial charge in [0.05, 0.1) is 17.9 Å². The van der Waals surface area contributed by atoms with E-state index in [0.717, 1.165) is 13.0 Å². The van der Waals surface area contributed by atoms with Crippen LogP contribution in [-0.2, 0) is 17.8 Å². The summed E-state index contributed by atoms with van der Waals surface area (Å²) in [5.41, 5.74) is 7.47. The van der Waals surface area contributed by atoms with Crippen LogP contribution in [0.4, 0.5) is 5.69 Å². The van der Waals surface area contributed by atoms with Gasteiger partial charge >= 0.3 is 0 Å². The lowest BCUT2D eigenvalue weighted by Crippen LogP contribution is -2.40. The summed E-state index contributed by atoms with van der Waals surface area (Å²) in [4.78, 5) is 15.7. The van der Waals surface area contributed by atoms with E-state index in [1.165, 1.54) is 10.4 Å². The van der Waals surface area contributed by atoms with E-state index >= 15 is 0 Å². The number of nitrogens with two attached hydrogens (primary N) is 1.